The minimum Gasteiger partial charge on any atom is -0.347 e. The van der Waals surface area contributed by atoms with Crippen LogP contribution < -0.4 is 5.32 Å². The van der Waals surface area contributed by atoms with Crippen molar-refractivity contribution in [2.75, 3.05) is 6.54 Å². The van der Waals surface area contributed by atoms with Gasteiger partial charge in [0.25, 0.3) is 0 Å². The molecular formula is C6H10NO. The summed E-state index contributed by atoms with van der Waals surface area (Å²) < 4.78 is 0. The van der Waals surface area contributed by atoms with E-state index in [0.717, 1.165) is 6.54 Å². The molecule has 8 heavy (non-hydrogen) atoms. The van der Waals surface area contributed by atoms with Crippen molar-refractivity contribution in [1.82, 2.24) is 5.32 Å². The van der Waals surface area contributed by atoms with Gasteiger partial charge in [-0.15, -0.1) is 0 Å². The number of hydrogen-bond donors (Lipinski definition) is 1. The summed E-state index contributed by atoms with van der Waals surface area (Å²) in [5, 5.41) is 2.55. The summed E-state index contributed by atoms with van der Waals surface area (Å²) in [6.45, 7) is 2.97. The van der Waals surface area contributed by atoms with Crippen molar-refractivity contribution < 1.29 is 4.79 Å². The highest BCUT2D eigenvalue weighted by molar-refractivity contribution is 5.47. The van der Waals surface area contributed by atoms with Crippen LogP contribution in [0.15, 0.2) is 0 Å². The van der Waals surface area contributed by atoms with Crippen LogP contribution in [0.2, 0.25) is 0 Å². The number of carbonyl (C=O) groups excluding carboxylic acids is 1. The summed E-state index contributed by atoms with van der Waals surface area (Å²) >= 11 is 0. The van der Waals surface area contributed by atoms with Gasteiger partial charge >= 0.3 is 6.41 Å². The van der Waals surface area contributed by atoms with Gasteiger partial charge in [-0.25, -0.2) is 0 Å². The highest BCUT2D eigenvalue weighted by atomic mass is 16.1. The molecule has 0 saturated heterocycles. The maximum absolute atomic E-state index is 9.64. The summed E-state index contributed by atoms with van der Waals surface area (Å²) in [5.74, 6) is 0. The minimum absolute atomic E-state index is 0.428. The lowest BCUT2D eigenvalue weighted by molar-refractivity contribution is 0.508. The molecule has 0 unspecified atom stereocenters. The molecule has 1 aliphatic rings. The van der Waals surface area contributed by atoms with Gasteiger partial charge in [-0.3, -0.25) is 4.79 Å². The van der Waals surface area contributed by atoms with Gasteiger partial charge in [0.15, 0.2) is 0 Å². The molecular weight excluding hydrogens is 102 g/mol. The molecule has 2 heteroatoms. The Bertz CT molecular complexity index is 96.7. The van der Waals surface area contributed by atoms with Crippen LogP contribution in [0.25, 0.3) is 0 Å². The lowest BCUT2D eigenvalue weighted by Gasteiger charge is -2.02. The molecule has 1 aliphatic carbocycles. The smallest absolute Gasteiger partial charge is 0.309 e. The van der Waals surface area contributed by atoms with Gasteiger partial charge in [0.05, 0.1) is 0 Å². The SMILES string of the molecule is CC1(CN[C]=O)CC1. The van der Waals surface area contributed by atoms with Crippen molar-refractivity contribution >= 4 is 6.41 Å². The third-order valence-corrected chi connectivity index (χ3v) is 1.69. The first kappa shape index (κ1) is 5.60. The van der Waals surface area contributed by atoms with Crippen LogP contribution in [0.3, 0.4) is 0 Å². The number of nitrogens with one attached hydrogen (secondary N) is 1. The summed E-state index contributed by atoms with van der Waals surface area (Å²) in [6, 6.07) is 0. The fraction of sp³-hybridized carbons (Fsp3) is 0.833. The standard InChI is InChI=1S/C6H10NO/c1-6(2-3-6)4-7-5-8/h2-4H2,1H3,(H,7,8). The molecule has 1 amide bonds. The first-order valence-corrected chi connectivity index (χ1v) is 2.87. The molecule has 0 spiro atoms. The van der Waals surface area contributed by atoms with E-state index in [4.69, 9.17) is 0 Å². The molecule has 45 valence electrons. The van der Waals surface area contributed by atoms with Crippen LogP contribution in [0.5, 0.6) is 0 Å². The predicted molar refractivity (Wildman–Crippen MR) is 31.0 cm³/mol. The zero-order valence-corrected chi connectivity index (χ0v) is 5.03. The largest absolute Gasteiger partial charge is 0.347 e. The third kappa shape index (κ3) is 1.22. The van der Waals surface area contributed by atoms with Crippen molar-refractivity contribution in [2.45, 2.75) is 19.8 Å². The van der Waals surface area contributed by atoms with Crippen LogP contribution in [-0.4, -0.2) is 13.0 Å². The first-order chi connectivity index (χ1) is 3.77. The van der Waals surface area contributed by atoms with Gasteiger partial charge in [-0.2, -0.15) is 0 Å². The van der Waals surface area contributed by atoms with Gasteiger partial charge in [0.2, 0.25) is 0 Å². The van der Waals surface area contributed by atoms with Gasteiger partial charge in [0, 0.05) is 6.54 Å². The van der Waals surface area contributed by atoms with Gasteiger partial charge in [0.1, 0.15) is 0 Å². The molecule has 0 aromatic carbocycles. The molecule has 1 N–H and O–H groups in total. The monoisotopic (exact) mass is 112 g/mol. The van der Waals surface area contributed by atoms with Crippen molar-refractivity contribution in [3.05, 3.63) is 0 Å². The quantitative estimate of drug-likeness (QED) is 0.527. The molecule has 1 fully saturated rings. The summed E-state index contributed by atoms with van der Waals surface area (Å²) in [6.07, 6.45) is 4.17. The lowest BCUT2D eigenvalue weighted by atomic mass is 10.1. The van der Waals surface area contributed by atoms with Crippen LogP contribution in [0, 0.1) is 5.41 Å². The Labute approximate surface area is 49.3 Å². The molecule has 0 aromatic rings. The predicted octanol–water partition coefficient (Wildman–Crippen LogP) is 0.443. The Morgan fingerprint density at radius 3 is 2.75 bits per heavy atom. The molecule has 0 bridgehead atoms. The van der Waals surface area contributed by atoms with Gasteiger partial charge < -0.3 is 5.32 Å². The van der Waals surface area contributed by atoms with E-state index in [9.17, 15) is 4.79 Å². The van der Waals surface area contributed by atoms with Gasteiger partial charge in [-0.05, 0) is 18.3 Å². The van der Waals surface area contributed by atoms with E-state index in [-0.39, 0.29) is 0 Å². The second-order valence-electron chi connectivity index (χ2n) is 2.77. The Morgan fingerprint density at radius 1 is 1.75 bits per heavy atom. The average molecular weight is 112 g/mol. The molecule has 0 aromatic heterocycles. The van der Waals surface area contributed by atoms with E-state index in [1.165, 1.54) is 12.8 Å². The minimum atomic E-state index is 0.428. The van der Waals surface area contributed by atoms with E-state index >= 15 is 0 Å². The van der Waals surface area contributed by atoms with Crippen molar-refractivity contribution in [3.8, 4) is 0 Å². The molecule has 1 rings (SSSR count). The van der Waals surface area contributed by atoms with Crippen LogP contribution in [-0.2, 0) is 4.79 Å². The van der Waals surface area contributed by atoms with Crippen LogP contribution in [0.1, 0.15) is 19.8 Å². The molecule has 2 nitrogen and oxygen atoms in total. The third-order valence-electron chi connectivity index (χ3n) is 1.69. The van der Waals surface area contributed by atoms with Gasteiger partial charge in [-0.1, -0.05) is 6.92 Å². The second-order valence-corrected chi connectivity index (χ2v) is 2.77. The Morgan fingerprint density at radius 2 is 2.38 bits per heavy atom. The molecule has 1 saturated carbocycles. The van der Waals surface area contributed by atoms with E-state index in [1.807, 2.05) is 0 Å². The maximum Gasteiger partial charge on any atom is 0.309 e. The second kappa shape index (κ2) is 1.77. The highest BCUT2D eigenvalue weighted by Crippen LogP contribution is 2.43. The summed E-state index contributed by atoms with van der Waals surface area (Å²) in [7, 11) is 0. The summed E-state index contributed by atoms with van der Waals surface area (Å²) in [4.78, 5) is 9.64. The zero-order valence-electron chi connectivity index (χ0n) is 5.03. The first-order valence-electron chi connectivity index (χ1n) is 2.87. The van der Waals surface area contributed by atoms with Crippen molar-refractivity contribution in [3.63, 3.8) is 0 Å². The molecule has 0 heterocycles. The Kier molecular flexibility index (Phi) is 1.24. The molecule has 1 radical (unpaired) electrons. The zero-order chi connectivity index (χ0) is 6.04. The average Bonchev–Trinajstić information content (AvgIpc) is 2.45. The molecule has 0 atom stereocenters. The number of hydrogen-bond acceptors (Lipinski definition) is 1. The normalized spacial score (nSPS) is 22.1. The maximum atomic E-state index is 9.64. The van der Waals surface area contributed by atoms with E-state index in [0.29, 0.717) is 5.41 Å². The number of rotatable bonds is 3. The van der Waals surface area contributed by atoms with Crippen LogP contribution in [0.4, 0.5) is 0 Å². The summed E-state index contributed by atoms with van der Waals surface area (Å²) in [5.41, 5.74) is 0.428. The topological polar surface area (TPSA) is 29.1 Å². The fourth-order valence-electron chi connectivity index (χ4n) is 0.640. The van der Waals surface area contributed by atoms with E-state index in [2.05, 4.69) is 12.2 Å². The van der Waals surface area contributed by atoms with Crippen molar-refractivity contribution in [2.24, 2.45) is 5.41 Å². The van der Waals surface area contributed by atoms with Crippen LogP contribution >= 0.6 is 0 Å². The number of amides is 1. The Balaban J connectivity index is 2.09. The highest BCUT2D eigenvalue weighted by Gasteiger charge is 2.36. The molecule has 0 aliphatic heterocycles. The van der Waals surface area contributed by atoms with Crippen molar-refractivity contribution in [1.29, 1.82) is 0 Å². The van der Waals surface area contributed by atoms with E-state index in [1.54, 1.807) is 6.41 Å². The Hall–Kier alpha value is -0.530. The fourth-order valence-corrected chi connectivity index (χ4v) is 0.640. The lowest BCUT2D eigenvalue weighted by Crippen LogP contribution is -2.19. The van der Waals surface area contributed by atoms with E-state index < -0.39 is 0 Å².